The lowest BCUT2D eigenvalue weighted by atomic mass is 10.1. The SMILES string of the molecule is COCCNCCNC(=O)Cc1ccc(Cl)c(Cl)c1. The number of benzene rings is 1. The van der Waals surface area contributed by atoms with Gasteiger partial charge in [-0.05, 0) is 17.7 Å². The maximum Gasteiger partial charge on any atom is 0.224 e. The van der Waals surface area contributed by atoms with Gasteiger partial charge in [0.2, 0.25) is 5.91 Å². The second kappa shape index (κ2) is 9.15. The van der Waals surface area contributed by atoms with Gasteiger partial charge in [0.1, 0.15) is 0 Å². The zero-order chi connectivity index (χ0) is 14.1. The predicted octanol–water partition coefficient (Wildman–Crippen LogP) is 1.89. The monoisotopic (exact) mass is 304 g/mol. The van der Waals surface area contributed by atoms with E-state index in [0.717, 1.165) is 18.7 Å². The lowest BCUT2D eigenvalue weighted by Gasteiger charge is -2.07. The summed E-state index contributed by atoms with van der Waals surface area (Å²) >= 11 is 11.7. The highest BCUT2D eigenvalue weighted by Gasteiger charge is 2.05. The van der Waals surface area contributed by atoms with E-state index in [9.17, 15) is 4.79 Å². The Bertz CT molecular complexity index is 414. The molecule has 0 radical (unpaired) electrons. The standard InChI is InChI=1S/C13H18Cl2N2O2/c1-19-7-6-16-4-5-17-13(18)9-10-2-3-11(14)12(15)8-10/h2-3,8,16H,4-7,9H2,1H3,(H,17,18). The molecule has 0 unspecified atom stereocenters. The molecule has 106 valence electrons. The summed E-state index contributed by atoms with van der Waals surface area (Å²) in [7, 11) is 1.65. The molecule has 19 heavy (non-hydrogen) atoms. The largest absolute Gasteiger partial charge is 0.383 e. The Labute approximate surface area is 123 Å². The first-order valence-corrected chi connectivity index (χ1v) is 6.79. The Morgan fingerprint density at radius 3 is 2.68 bits per heavy atom. The molecule has 0 fully saturated rings. The third-order valence-corrected chi connectivity index (χ3v) is 3.19. The highest BCUT2D eigenvalue weighted by atomic mass is 35.5. The molecular formula is C13H18Cl2N2O2. The average Bonchev–Trinajstić information content (AvgIpc) is 2.38. The fraction of sp³-hybridized carbons (Fsp3) is 0.462. The summed E-state index contributed by atoms with van der Waals surface area (Å²) in [6.45, 7) is 2.75. The van der Waals surface area contributed by atoms with Crippen molar-refractivity contribution in [2.24, 2.45) is 0 Å². The summed E-state index contributed by atoms with van der Waals surface area (Å²) in [5, 5.41) is 6.93. The van der Waals surface area contributed by atoms with Crippen LogP contribution in [0.1, 0.15) is 5.56 Å². The summed E-state index contributed by atoms with van der Waals surface area (Å²) in [6.07, 6.45) is 0.301. The number of rotatable bonds is 8. The Hall–Kier alpha value is -0.810. The first-order valence-electron chi connectivity index (χ1n) is 6.03. The van der Waals surface area contributed by atoms with E-state index in [1.165, 1.54) is 0 Å². The van der Waals surface area contributed by atoms with Crippen LogP contribution in [0.3, 0.4) is 0 Å². The number of carbonyl (C=O) groups is 1. The minimum Gasteiger partial charge on any atom is -0.383 e. The summed E-state index contributed by atoms with van der Waals surface area (Å²) in [4.78, 5) is 11.7. The number of hydrogen-bond donors (Lipinski definition) is 2. The zero-order valence-electron chi connectivity index (χ0n) is 10.8. The molecule has 0 saturated carbocycles. The first kappa shape index (κ1) is 16.2. The smallest absolute Gasteiger partial charge is 0.224 e. The van der Waals surface area contributed by atoms with Crippen molar-refractivity contribution in [1.29, 1.82) is 0 Å². The Kier molecular flexibility index (Phi) is 7.82. The molecule has 4 nitrogen and oxygen atoms in total. The fourth-order valence-corrected chi connectivity index (χ4v) is 1.81. The third kappa shape index (κ3) is 6.78. The number of hydrogen-bond acceptors (Lipinski definition) is 3. The molecule has 2 N–H and O–H groups in total. The minimum atomic E-state index is -0.0352. The molecule has 0 heterocycles. The molecule has 0 saturated heterocycles. The summed E-state index contributed by atoms with van der Waals surface area (Å²) in [6, 6.07) is 5.20. The van der Waals surface area contributed by atoms with Crippen LogP contribution < -0.4 is 10.6 Å². The number of amides is 1. The van der Waals surface area contributed by atoms with Gasteiger partial charge in [-0.15, -0.1) is 0 Å². The number of halogens is 2. The maximum absolute atomic E-state index is 11.7. The topological polar surface area (TPSA) is 50.4 Å². The Balaban J connectivity index is 2.21. The molecule has 6 heteroatoms. The minimum absolute atomic E-state index is 0.0352. The second-order valence-corrected chi connectivity index (χ2v) is 4.83. The van der Waals surface area contributed by atoms with Crippen LogP contribution in [0, 0.1) is 0 Å². The van der Waals surface area contributed by atoms with Gasteiger partial charge >= 0.3 is 0 Å². The molecule has 0 aliphatic heterocycles. The van der Waals surface area contributed by atoms with Gasteiger partial charge in [-0.3, -0.25) is 4.79 Å². The van der Waals surface area contributed by atoms with Crippen molar-refractivity contribution in [3.05, 3.63) is 33.8 Å². The third-order valence-electron chi connectivity index (χ3n) is 2.46. The van der Waals surface area contributed by atoms with Crippen LogP contribution in [0.15, 0.2) is 18.2 Å². The van der Waals surface area contributed by atoms with E-state index in [-0.39, 0.29) is 5.91 Å². The number of carbonyl (C=O) groups excluding carboxylic acids is 1. The van der Waals surface area contributed by atoms with E-state index in [4.69, 9.17) is 27.9 Å². The van der Waals surface area contributed by atoms with Gasteiger partial charge in [0.15, 0.2) is 0 Å². The average molecular weight is 305 g/mol. The molecule has 1 amide bonds. The summed E-state index contributed by atoms with van der Waals surface area (Å²) in [5.41, 5.74) is 0.847. The number of ether oxygens (including phenoxy) is 1. The van der Waals surface area contributed by atoms with Crippen molar-refractivity contribution in [2.45, 2.75) is 6.42 Å². The normalized spacial score (nSPS) is 10.5. The van der Waals surface area contributed by atoms with Crippen molar-refractivity contribution >= 4 is 29.1 Å². The summed E-state index contributed by atoms with van der Waals surface area (Å²) in [5.74, 6) is -0.0352. The van der Waals surface area contributed by atoms with Gasteiger partial charge in [-0.1, -0.05) is 29.3 Å². The molecule has 1 aromatic carbocycles. The van der Waals surface area contributed by atoms with Crippen molar-refractivity contribution in [1.82, 2.24) is 10.6 Å². The number of methoxy groups -OCH3 is 1. The highest BCUT2D eigenvalue weighted by molar-refractivity contribution is 6.42. The van der Waals surface area contributed by atoms with Crippen LogP contribution in [0.5, 0.6) is 0 Å². The van der Waals surface area contributed by atoms with Crippen molar-refractivity contribution in [3.8, 4) is 0 Å². The predicted molar refractivity (Wildman–Crippen MR) is 77.9 cm³/mol. The van der Waals surface area contributed by atoms with Gasteiger partial charge in [-0.2, -0.15) is 0 Å². The lowest BCUT2D eigenvalue weighted by Crippen LogP contribution is -2.33. The van der Waals surface area contributed by atoms with Gasteiger partial charge in [0.05, 0.1) is 23.1 Å². The first-order chi connectivity index (χ1) is 9.13. The van der Waals surface area contributed by atoms with Crippen LogP contribution in [-0.2, 0) is 16.0 Å². The molecule has 1 aromatic rings. The second-order valence-electron chi connectivity index (χ2n) is 4.02. The molecular weight excluding hydrogens is 287 g/mol. The van der Waals surface area contributed by atoms with Crippen LogP contribution in [0.2, 0.25) is 10.0 Å². The van der Waals surface area contributed by atoms with E-state index in [1.54, 1.807) is 25.3 Å². The molecule has 0 aliphatic carbocycles. The van der Waals surface area contributed by atoms with Crippen LogP contribution in [0.25, 0.3) is 0 Å². The summed E-state index contributed by atoms with van der Waals surface area (Å²) < 4.78 is 4.90. The van der Waals surface area contributed by atoms with Crippen molar-refractivity contribution in [3.63, 3.8) is 0 Å². The van der Waals surface area contributed by atoms with Gasteiger partial charge in [0.25, 0.3) is 0 Å². The fourth-order valence-electron chi connectivity index (χ4n) is 1.49. The quantitative estimate of drug-likeness (QED) is 0.721. The Morgan fingerprint density at radius 1 is 1.21 bits per heavy atom. The Morgan fingerprint density at radius 2 is 2.00 bits per heavy atom. The number of nitrogens with one attached hydrogen (secondary N) is 2. The van der Waals surface area contributed by atoms with Gasteiger partial charge in [0, 0.05) is 26.7 Å². The molecule has 1 rings (SSSR count). The van der Waals surface area contributed by atoms with Crippen molar-refractivity contribution < 1.29 is 9.53 Å². The molecule has 0 aromatic heterocycles. The van der Waals surface area contributed by atoms with E-state index in [1.807, 2.05) is 0 Å². The van der Waals surface area contributed by atoms with Gasteiger partial charge < -0.3 is 15.4 Å². The van der Waals surface area contributed by atoms with Crippen molar-refractivity contribution in [2.75, 3.05) is 33.4 Å². The highest BCUT2D eigenvalue weighted by Crippen LogP contribution is 2.22. The van der Waals surface area contributed by atoms with E-state index in [0.29, 0.717) is 29.6 Å². The van der Waals surface area contributed by atoms with Crippen LogP contribution in [0.4, 0.5) is 0 Å². The molecule has 0 bridgehead atoms. The lowest BCUT2D eigenvalue weighted by molar-refractivity contribution is -0.120. The van der Waals surface area contributed by atoms with E-state index in [2.05, 4.69) is 10.6 Å². The molecule has 0 spiro atoms. The molecule has 0 atom stereocenters. The van der Waals surface area contributed by atoms with E-state index < -0.39 is 0 Å². The van der Waals surface area contributed by atoms with E-state index >= 15 is 0 Å². The molecule has 0 aliphatic rings. The van der Waals surface area contributed by atoms with Crippen LogP contribution >= 0.6 is 23.2 Å². The van der Waals surface area contributed by atoms with Gasteiger partial charge in [-0.25, -0.2) is 0 Å². The van der Waals surface area contributed by atoms with Crippen LogP contribution in [-0.4, -0.2) is 39.3 Å². The zero-order valence-corrected chi connectivity index (χ0v) is 12.4. The maximum atomic E-state index is 11.7.